The van der Waals surface area contributed by atoms with Crippen molar-refractivity contribution in [1.82, 2.24) is 0 Å². The molecule has 1 atom stereocenters. The third kappa shape index (κ3) is 1.16. The summed E-state index contributed by atoms with van der Waals surface area (Å²) in [5, 5.41) is 13.3. The van der Waals surface area contributed by atoms with Crippen LogP contribution in [0.5, 0.6) is 0 Å². The predicted octanol–water partition coefficient (Wildman–Crippen LogP) is 2.85. The van der Waals surface area contributed by atoms with Crippen LogP contribution in [0.1, 0.15) is 17.4 Å². The van der Waals surface area contributed by atoms with Crippen molar-refractivity contribution in [1.29, 1.82) is 0 Å². The molecule has 4 rings (SSSR count). The van der Waals surface area contributed by atoms with E-state index in [-0.39, 0.29) is 6.23 Å². The minimum absolute atomic E-state index is 0.235. The molecule has 0 saturated carbocycles. The van der Waals surface area contributed by atoms with Crippen LogP contribution in [0.3, 0.4) is 0 Å². The Morgan fingerprint density at radius 2 is 1.72 bits per heavy atom. The largest absolute Gasteiger partial charge is 0.347 e. The van der Waals surface area contributed by atoms with E-state index in [2.05, 4.69) is 0 Å². The van der Waals surface area contributed by atoms with Gasteiger partial charge in [-0.25, -0.2) is 5.01 Å². The van der Waals surface area contributed by atoms with E-state index in [1.54, 1.807) is 5.01 Å². The summed E-state index contributed by atoms with van der Waals surface area (Å²) in [6, 6.07) is 15.7. The van der Waals surface area contributed by atoms with Crippen molar-refractivity contribution in [2.45, 2.75) is 12.8 Å². The Bertz CT molecular complexity index is 614. The van der Waals surface area contributed by atoms with Gasteiger partial charge in [-0.15, -0.1) is 0 Å². The number of benzene rings is 2. The molecule has 2 aliphatic rings. The summed E-state index contributed by atoms with van der Waals surface area (Å²) in [6.07, 6.45) is -0.235. The molecule has 90 valence electrons. The topological polar surface area (TPSA) is 35.9 Å². The average molecular weight is 240 g/mol. The molecule has 18 heavy (non-hydrogen) atoms. The SMILES string of the molecule is ON1c2ccccc2C2OCc3ccccc3N21. The minimum Gasteiger partial charge on any atom is -0.347 e. The molecule has 0 spiro atoms. The average Bonchev–Trinajstić information content (AvgIpc) is 2.73. The molecule has 4 nitrogen and oxygen atoms in total. The highest BCUT2D eigenvalue weighted by Crippen LogP contribution is 2.46. The molecule has 0 bridgehead atoms. The van der Waals surface area contributed by atoms with Gasteiger partial charge in [-0.1, -0.05) is 36.4 Å². The second-order valence-corrected chi connectivity index (χ2v) is 4.48. The summed E-state index contributed by atoms with van der Waals surface area (Å²) in [7, 11) is 0. The second-order valence-electron chi connectivity index (χ2n) is 4.48. The van der Waals surface area contributed by atoms with Crippen molar-refractivity contribution in [3.63, 3.8) is 0 Å². The summed E-state index contributed by atoms with van der Waals surface area (Å²) in [5.41, 5.74) is 3.85. The van der Waals surface area contributed by atoms with Crippen LogP contribution in [0.2, 0.25) is 0 Å². The summed E-state index contributed by atoms with van der Waals surface area (Å²) in [6.45, 7) is 0.569. The molecule has 2 aromatic carbocycles. The zero-order valence-electron chi connectivity index (χ0n) is 9.65. The van der Waals surface area contributed by atoms with E-state index in [1.165, 1.54) is 5.17 Å². The molecule has 2 aliphatic heterocycles. The Hall–Kier alpha value is -2.04. The van der Waals surface area contributed by atoms with Crippen LogP contribution >= 0.6 is 0 Å². The summed E-state index contributed by atoms with van der Waals surface area (Å²) in [5.74, 6) is 0. The first-order chi connectivity index (χ1) is 8.86. The van der Waals surface area contributed by atoms with Crippen molar-refractivity contribution >= 4 is 11.4 Å². The van der Waals surface area contributed by atoms with Crippen LogP contribution in [0, 0.1) is 0 Å². The van der Waals surface area contributed by atoms with Gasteiger partial charge in [0.2, 0.25) is 0 Å². The van der Waals surface area contributed by atoms with Gasteiger partial charge in [-0.3, -0.25) is 5.21 Å². The number of fused-ring (bicyclic) bond motifs is 5. The first-order valence-corrected chi connectivity index (χ1v) is 5.93. The quantitative estimate of drug-likeness (QED) is 0.768. The van der Waals surface area contributed by atoms with Crippen LogP contribution in [0.25, 0.3) is 0 Å². The fourth-order valence-electron chi connectivity index (χ4n) is 2.64. The van der Waals surface area contributed by atoms with Gasteiger partial charge in [0.1, 0.15) is 0 Å². The Kier molecular flexibility index (Phi) is 1.92. The Balaban J connectivity index is 1.90. The number of hydrogen-bond donors (Lipinski definition) is 1. The molecule has 2 heterocycles. The molecule has 2 aromatic rings. The van der Waals surface area contributed by atoms with E-state index >= 15 is 0 Å². The van der Waals surface area contributed by atoms with Gasteiger partial charge in [0.05, 0.1) is 18.0 Å². The standard InChI is InChI=1S/C14H12N2O2/c17-16-13-8-4-2-6-11(13)14-15(16)12-7-3-1-5-10(12)9-18-14/h1-8,14,17H,9H2. The fourth-order valence-corrected chi connectivity index (χ4v) is 2.64. The molecule has 0 aromatic heterocycles. The predicted molar refractivity (Wildman–Crippen MR) is 67.2 cm³/mol. The Morgan fingerprint density at radius 3 is 2.61 bits per heavy atom. The lowest BCUT2D eigenvalue weighted by Gasteiger charge is -2.35. The van der Waals surface area contributed by atoms with Crippen molar-refractivity contribution in [3.05, 3.63) is 59.7 Å². The van der Waals surface area contributed by atoms with Gasteiger partial charge < -0.3 is 4.74 Å². The summed E-state index contributed by atoms with van der Waals surface area (Å²) < 4.78 is 5.85. The van der Waals surface area contributed by atoms with Crippen LogP contribution in [-0.4, -0.2) is 5.21 Å². The second kappa shape index (κ2) is 3.48. The van der Waals surface area contributed by atoms with Crippen LogP contribution in [0.15, 0.2) is 48.5 Å². The van der Waals surface area contributed by atoms with E-state index in [4.69, 9.17) is 4.74 Å². The maximum absolute atomic E-state index is 10.3. The van der Waals surface area contributed by atoms with Crippen LogP contribution in [-0.2, 0) is 11.3 Å². The highest BCUT2D eigenvalue weighted by Gasteiger charge is 2.40. The maximum Gasteiger partial charge on any atom is 0.179 e. The van der Waals surface area contributed by atoms with E-state index in [0.717, 1.165) is 22.5 Å². The number of nitrogens with zero attached hydrogens (tertiary/aromatic N) is 2. The zero-order valence-corrected chi connectivity index (χ0v) is 9.65. The number of hydrazine groups is 1. The third-order valence-electron chi connectivity index (χ3n) is 3.48. The molecule has 0 saturated heterocycles. The van der Waals surface area contributed by atoms with Crippen LogP contribution < -0.4 is 10.2 Å². The van der Waals surface area contributed by atoms with Crippen LogP contribution in [0.4, 0.5) is 11.4 Å². The minimum atomic E-state index is -0.235. The molecule has 0 amide bonds. The first kappa shape index (κ1) is 9.94. The van der Waals surface area contributed by atoms with Gasteiger partial charge in [-0.05, 0) is 12.1 Å². The summed E-state index contributed by atoms with van der Waals surface area (Å²) in [4.78, 5) is 0. The van der Waals surface area contributed by atoms with Crippen molar-refractivity contribution in [2.75, 3.05) is 10.2 Å². The normalized spacial score (nSPS) is 20.4. The van der Waals surface area contributed by atoms with Gasteiger partial charge in [0.25, 0.3) is 0 Å². The third-order valence-corrected chi connectivity index (χ3v) is 3.48. The number of ether oxygens (including phenoxy) is 1. The Labute approximate surface area is 105 Å². The molecule has 0 aliphatic carbocycles. The molecule has 0 radical (unpaired) electrons. The molecule has 4 heteroatoms. The van der Waals surface area contributed by atoms with Crippen molar-refractivity contribution in [3.8, 4) is 0 Å². The van der Waals surface area contributed by atoms with E-state index in [9.17, 15) is 5.21 Å². The van der Waals surface area contributed by atoms with Gasteiger partial charge in [0.15, 0.2) is 6.23 Å². The molecular weight excluding hydrogens is 228 g/mol. The van der Waals surface area contributed by atoms with Crippen molar-refractivity contribution in [2.24, 2.45) is 0 Å². The Morgan fingerprint density at radius 1 is 1.00 bits per heavy atom. The maximum atomic E-state index is 10.3. The highest BCUT2D eigenvalue weighted by atomic mass is 16.6. The summed E-state index contributed by atoms with van der Waals surface area (Å²) >= 11 is 0. The van der Waals surface area contributed by atoms with Crippen molar-refractivity contribution < 1.29 is 9.94 Å². The lowest BCUT2D eigenvalue weighted by atomic mass is 10.1. The number of rotatable bonds is 0. The molecule has 1 unspecified atom stereocenters. The number of anilines is 2. The number of para-hydroxylation sites is 2. The molecule has 1 N–H and O–H groups in total. The van der Waals surface area contributed by atoms with Gasteiger partial charge in [-0.2, -0.15) is 5.17 Å². The highest BCUT2D eigenvalue weighted by molar-refractivity contribution is 5.69. The smallest absolute Gasteiger partial charge is 0.179 e. The van der Waals surface area contributed by atoms with Gasteiger partial charge in [0, 0.05) is 11.1 Å². The number of hydrogen-bond acceptors (Lipinski definition) is 4. The van der Waals surface area contributed by atoms with E-state index in [1.807, 2.05) is 48.5 Å². The first-order valence-electron chi connectivity index (χ1n) is 5.93. The molecule has 0 fully saturated rings. The van der Waals surface area contributed by atoms with Gasteiger partial charge >= 0.3 is 0 Å². The van der Waals surface area contributed by atoms with E-state index in [0.29, 0.717) is 6.61 Å². The zero-order chi connectivity index (χ0) is 12.1. The fraction of sp³-hybridized carbons (Fsp3) is 0.143. The lowest BCUT2D eigenvalue weighted by molar-refractivity contribution is 0.0192. The molecular formula is C14H12N2O2. The lowest BCUT2D eigenvalue weighted by Crippen LogP contribution is -2.41. The van der Waals surface area contributed by atoms with E-state index < -0.39 is 0 Å². The monoisotopic (exact) mass is 240 g/mol.